The Morgan fingerprint density at radius 1 is 1.12 bits per heavy atom. The number of hydrogen-bond donors (Lipinski definition) is 1. The Bertz CT molecular complexity index is 768. The molecule has 4 nitrogen and oxygen atoms in total. The number of para-hydroxylation sites is 1. The largest absolute Gasteiger partial charge is 0.497 e. The van der Waals surface area contributed by atoms with Gasteiger partial charge in [-0.25, -0.2) is 0 Å². The van der Waals surface area contributed by atoms with Crippen LogP contribution in [0.5, 0.6) is 5.75 Å². The number of methoxy groups -OCH3 is 1. The van der Waals surface area contributed by atoms with Crippen LogP contribution in [0.25, 0.3) is 11.1 Å². The van der Waals surface area contributed by atoms with Gasteiger partial charge in [0.1, 0.15) is 5.75 Å². The molecule has 1 saturated carbocycles. The first-order valence-corrected chi connectivity index (χ1v) is 9.53. The minimum absolute atomic E-state index is 0.0134. The van der Waals surface area contributed by atoms with Crippen LogP contribution in [0.4, 0.5) is 5.69 Å². The van der Waals surface area contributed by atoms with Gasteiger partial charge in [0.15, 0.2) is 0 Å². The van der Waals surface area contributed by atoms with E-state index in [4.69, 9.17) is 4.74 Å². The van der Waals surface area contributed by atoms with E-state index in [0.29, 0.717) is 0 Å². The number of anilines is 1. The molecule has 0 radical (unpaired) electrons. The molecule has 1 N–H and O–H groups in total. The summed E-state index contributed by atoms with van der Waals surface area (Å²) in [5.41, 5.74) is 2.99. The molecule has 1 unspecified atom stereocenters. The van der Waals surface area contributed by atoms with Crippen LogP contribution in [-0.2, 0) is 4.79 Å². The SMILES string of the molecule is COc1ccc(-c2ccccc2NC(=O)C2CCCN2CC2CC2)cc1. The van der Waals surface area contributed by atoms with E-state index >= 15 is 0 Å². The highest BCUT2D eigenvalue weighted by atomic mass is 16.5. The average molecular weight is 350 g/mol. The summed E-state index contributed by atoms with van der Waals surface area (Å²) in [6.45, 7) is 2.13. The van der Waals surface area contributed by atoms with Crippen molar-refractivity contribution in [2.75, 3.05) is 25.5 Å². The molecule has 136 valence electrons. The molecule has 1 heterocycles. The Morgan fingerprint density at radius 2 is 1.88 bits per heavy atom. The van der Waals surface area contributed by atoms with Gasteiger partial charge < -0.3 is 10.1 Å². The zero-order chi connectivity index (χ0) is 17.9. The molecule has 0 spiro atoms. The lowest BCUT2D eigenvalue weighted by atomic mass is 10.0. The lowest BCUT2D eigenvalue weighted by Gasteiger charge is -2.24. The van der Waals surface area contributed by atoms with Crippen molar-refractivity contribution in [3.05, 3.63) is 48.5 Å². The Kier molecular flexibility index (Phi) is 4.93. The van der Waals surface area contributed by atoms with Gasteiger partial charge in [-0.15, -0.1) is 0 Å². The quantitative estimate of drug-likeness (QED) is 0.850. The van der Waals surface area contributed by atoms with E-state index in [2.05, 4.69) is 10.2 Å². The van der Waals surface area contributed by atoms with Crippen molar-refractivity contribution < 1.29 is 9.53 Å². The van der Waals surface area contributed by atoms with Gasteiger partial charge in [0, 0.05) is 17.8 Å². The lowest BCUT2D eigenvalue weighted by molar-refractivity contribution is -0.120. The Hall–Kier alpha value is -2.33. The van der Waals surface area contributed by atoms with Crippen LogP contribution in [-0.4, -0.2) is 37.0 Å². The smallest absolute Gasteiger partial charge is 0.241 e. The van der Waals surface area contributed by atoms with Gasteiger partial charge in [-0.3, -0.25) is 9.69 Å². The highest BCUT2D eigenvalue weighted by Crippen LogP contribution is 2.33. The maximum Gasteiger partial charge on any atom is 0.241 e. The maximum absolute atomic E-state index is 12.9. The normalized spacial score (nSPS) is 20.1. The third kappa shape index (κ3) is 3.75. The summed E-state index contributed by atoms with van der Waals surface area (Å²) < 4.78 is 5.24. The average Bonchev–Trinajstić information content (AvgIpc) is 3.37. The van der Waals surface area contributed by atoms with Gasteiger partial charge in [-0.1, -0.05) is 30.3 Å². The second-order valence-electron chi connectivity index (χ2n) is 7.36. The number of nitrogens with zero attached hydrogens (tertiary/aromatic N) is 1. The number of nitrogens with one attached hydrogen (secondary N) is 1. The highest BCUT2D eigenvalue weighted by molar-refractivity contribution is 5.98. The summed E-state index contributed by atoms with van der Waals surface area (Å²) in [7, 11) is 1.66. The zero-order valence-corrected chi connectivity index (χ0v) is 15.3. The van der Waals surface area contributed by atoms with Crippen molar-refractivity contribution in [2.24, 2.45) is 5.92 Å². The number of rotatable bonds is 6. The molecule has 0 aromatic heterocycles. The molecule has 2 fully saturated rings. The summed E-state index contributed by atoms with van der Waals surface area (Å²) >= 11 is 0. The number of hydrogen-bond acceptors (Lipinski definition) is 3. The standard InChI is InChI=1S/C22H26N2O2/c1-26-18-12-10-17(11-13-18)19-5-2-3-6-20(19)23-22(25)21-7-4-14-24(21)15-16-8-9-16/h2-3,5-6,10-13,16,21H,4,7-9,14-15H2,1H3,(H,23,25). The van der Waals surface area contributed by atoms with E-state index in [1.165, 1.54) is 12.8 Å². The molecule has 4 rings (SSSR count). The van der Waals surface area contributed by atoms with Gasteiger partial charge >= 0.3 is 0 Å². The Labute approximate surface area is 155 Å². The van der Waals surface area contributed by atoms with Crippen molar-refractivity contribution in [1.29, 1.82) is 0 Å². The van der Waals surface area contributed by atoms with Crippen molar-refractivity contribution in [3.8, 4) is 16.9 Å². The number of carbonyl (C=O) groups is 1. The van der Waals surface area contributed by atoms with Crippen LogP contribution in [0.2, 0.25) is 0 Å². The highest BCUT2D eigenvalue weighted by Gasteiger charge is 2.34. The minimum atomic E-state index is 0.0134. The first kappa shape index (κ1) is 17.1. The fourth-order valence-corrected chi connectivity index (χ4v) is 3.80. The van der Waals surface area contributed by atoms with E-state index in [9.17, 15) is 4.79 Å². The molecule has 2 aromatic rings. The third-order valence-corrected chi connectivity index (χ3v) is 5.44. The summed E-state index contributed by atoms with van der Waals surface area (Å²) in [5.74, 6) is 1.77. The van der Waals surface area contributed by atoms with Crippen LogP contribution in [0, 0.1) is 5.92 Å². The first-order chi connectivity index (χ1) is 12.7. The van der Waals surface area contributed by atoms with Crippen LogP contribution >= 0.6 is 0 Å². The molecular formula is C22H26N2O2. The number of ether oxygens (including phenoxy) is 1. The van der Waals surface area contributed by atoms with E-state index in [-0.39, 0.29) is 11.9 Å². The monoisotopic (exact) mass is 350 g/mol. The van der Waals surface area contributed by atoms with E-state index < -0.39 is 0 Å². The van der Waals surface area contributed by atoms with Gasteiger partial charge in [0.05, 0.1) is 13.2 Å². The molecule has 2 aromatic carbocycles. The predicted molar refractivity (Wildman–Crippen MR) is 104 cm³/mol. The van der Waals surface area contributed by atoms with Gasteiger partial charge in [0.25, 0.3) is 0 Å². The van der Waals surface area contributed by atoms with Crippen LogP contribution in [0.1, 0.15) is 25.7 Å². The molecule has 1 atom stereocenters. The maximum atomic E-state index is 12.9. The van der Waals surface area contributed by atoms with E-state index in [1.54, 1.807) is 7.11 Å². The molecule has 2 aliphatic rings. The zero-order valence-electron chi connectivity index (χ0n) is 15.3. The third-order valence-electron chi connectivity index (χ3n) is 5.44. The molecule has 0 bridgehead atoms. The molecule has 1 amide bonds. The summed E-state index contributed by atoms with van der Waals surface area (Å²) in [6.07, 6.45) is 4.73. The molecule has 4 heteroatoms. The van der Waals surface area contributed by atoms with E-state index in [1.807, 2.05) is 48.5 Å². The molecule has 1 aliphatic heterocycles. The fourth-order valence-electron chi connectivity index (χ4n) is 3.80. The number of carbonyl (C=O) groups excluding carboxylic acids is 1. The second kappa shape index (κ2) is 7.50. The van der Waals surface area contributed by atoms with Gasteiger partial charge in [0.2, 0.25) is 5.91 Å². The van der Waals surface area contributed by atoms with Crippen molar-refractivity contribution in [3.63, 3.8) is 0 Å². The van der Waals surface area contributed by atoms with Crippen molar-refractivity contribution in [1.82, 2.24) is 4.90 Å². The summed E-state index contributed by atoms with van der Waals surface area (Å²) in [6, 6.07) is 16.0. The summed E-state index contributed by atoms with van der Waals surface area (Å²) in [4.78, 5) is 15.3. The van der Waals surface area contributed by atoms with Gasteiger partial charge in [-0.05, 0) is 61.9 Å². The molecule has 1 aliphatic carbocycles. The van der Waals surface area contributed by atoms with E-state index in [0.717, 1.165) is 54.4 Å². The second-order valence-corrected chi connectivity index (χ2v) is 7.36. The van der Waals surface area contributed by atoms with Crippen molar-refractivity contribution >= 4 is 11.6 Å². The Morgan fingerprint density at radius 3 is 2.62 bits per heavy atom. The predicted octanol–water partition coefficient (Wildman–Crippen LogP) is 4.18. The summed E-state index contributed by atoms with van der Waals surface area (Å²) in [5, 5.41) is 3.19. The molecular weight excluding hydrogens is 324 g/mol. The lowest BCUT2D eigenvalue weighted by Crippen LogP contribution is -2.40. The van der Waals surface area contributed by atoms with Crippen molar-refractivity contribution in [2.45, 2.75) is 31.7 Å². The Balaban J connectivity index is 1.51. The van der Waals surface area contributed by atoms with Crippen LogP contribution < -0.4 is 10.1 Å². The molecule has 26 heavy (non-hydrogen) atoms. The molecule has 1 saturated heterocycles. The fraction of sp³-hybridized carbons (Fsp3) is 0.409. The topological polar surface area (TPSA) is 41.6 Å². The number of amides is 1. The minimum Gasteiger partial charge on any atom is -0.497 e. The van der Waals surface area contributed by atoms with Crippen LogP contribution in [0.3, 0.4) is 0 Å². The number of likely N-dealkylation sites (tertiary alicyclic amines) is 1. The van der Waals surface area contributed by atoms with Crippen LogP contribution in [0.15, 0.2) is 48.5 Å². The number of benzene rings is 2. The van der Waals surface area contributed by atoms with Gasteiger partial charge in [-0.2, -0.15) is 0 Å². The first-order valence-electron chi connectivity index (χ1n) is 9.53.